The quantitative estimate of drug-likeness (QED) is 0.463. The van der Waals surface area contributed by atoms with Gasteiger partial charge >= 0.3 is 0 Å². The fourth-order valence-electron chi connectivity index (χ4n) is 3.44. The van der Waals surface area contributed by atoms with E-state index in [4.69, 9.17) is 9.47 Å². The van der Waals surface area contributed by atoms with E-state index in [2.05, 4.69) is 10.3 Å². The van der Waals surface area contributed by atoms with Gasteiger partial charge in [-0.05, 0) is 31.5 Å². The number of methoxy groups -OCH3 is 2. The summed E-state index contributed by atoms with van der Waals surface area (Å²) in [5, 5.41) is 5.27. The SMILES string of the molecule is COc1ccc(OC)c(NC(=O)C(C)n2cnc3scc(-c4ccc(C)cc4)c3c2=O)c1. The van der Waals surface area contributed by atoms with E-state index in [1.165, 1.54) is 29.3 Å². The van der Waals surface area contributed by atoms with Crippen LogP contribution in [-0.2, 0) is 4.79 Å². The molecule has 1 unspecified atom stereocenters. The highest BCUT2D eigenvalue weighted by Gasteiger charge is 2.21. The number of fused-ring (bicyclic) bond motifs is 1. The standard InChI is InChI=1S/C24H23N3O4S/c1-14-5-7-16(8-6-14)18-12-32-23-21(18)24(29)27(13-25-23)15(2)22(28)26-19-11-17(30-3)9-10-20(19)31-4/h5-13,15H,1-4H3,(H,26,28). The van der Waals surface area contributed by atoms with Crippen LogP contribution in [0.5, 0.6) is 11.5 Å². The summed E-state index contributed by atoms with van der Waals surface area (Å²) in [6.45, 7) is 3.68. The molecule has 1 amide bonds. The van der Waals surface area contributed by atoms with Gasteiger partial charge in [0.1, 0.15) is 22.4 Å². The molecular formula is C24H23N3O4S. The predicted octanol–water partition coefficient (Wildman–Crippen LogP) is 4.65. The number of carbonyl (C=O) groups excluding carboxylic acids is 1. The fraction of sp³-hybridized carbons (Fsp3) is 0.208. The number of thiophene rings is 1. The zero-order valence-corrected chi connectivity index (χ0v) is 19.0. The molecule has 7 nitrogen and oxygen atoms in total. The van der Waals surface area contributed by atoms with E-state index >= 15 is 0 Å². The maximum absolute atomic E-state index is 13.4. The number of aryl methyl sites for hydroxylation is 1. The molecular weight excluding hydrogens is 426 g/mol. The molecule has 0 aliphatic rings. The lowest BCUT2D eigenvalue weighted by Crippen LogP contribution is -2.31. The molecule has 0 aliphatic heterocycles. The summed E-state index contributed by atoms with van der Waals surface area (Å²) in [6, 6.07) is 12.3. The minimum atomic E-state index is -0.791. The first kappa shape index (κ1) is 21.6. The Morgan fingerprint density at radius 3 is 2.56 bits per heavy atom. The third-order valence-corrected chi connectivity index (χ3v) is 6.23. The third kappa shape index (κ3) is 3.97. The van der Waals surface area contributed by atoms with Crippen molar-refractivity contribution in [1.29, 1.82) is 0 Å². The number of anilines is 1. The summed E-state index contributed by atoms with van der Waals surface area (Å²) in [6.07, 6.45) is 1.42. The second-order valence-corrected chi connectivity index (χ2v) is 8.24. The van der Waals surface area contributed by atoms with Crippen LogP contribution >= 0.6 is 11.3 Å². The van der Waals surface area contributed by atoms with Gasteiger partial charge in [0.15, 0.2) is 0 Å². The number of hydrogen-bond acceptors (Lipinski definition) is 6. The van der Waals surface area contributed by atoms with Crippen LogP contribution in [0.25, 0.3) is 21.3 Å². The van der Waals surface area contributed by atoms with Gasteiger partial charge in [0, 0.05) is 17.0 Å². The summed E-state index contributed by atoms with van der Waals surface area (Å²) >= 11 is 1.41. The zero-order chi connectivity index (χ0) is 22.8. The molecule has 4 aromatic rings. The molecule has 0 bridgehead atoms. The van der Waals surface area contributed by atoms with Crippen LogP contribution in [0.3, 0.4) is 0 Å². The lowest BCUT2D eigenvalue weighted by Gasteiger charge is -2.17. The van der Waals surface area contributed by atoms with Gasteiger partial charge in [0.05, 0.1) is 31.6 Å². The second-order valence-electron chi connectivity index (χ2n) is 7.38. The van der Waals surface area contributed by atoms with Crippen LogP contribution in [0.2, 0.25) is 0 Å². The van der Waals surface area contributed by atoms with Gasteiger partial charge < -0.3 is 14.8 Å². The van der Waals surface area contributed by atoms with Crippen LogP contribution in [0.4, 0.5) is 5.69 Å². The molecule has 2 heterocycles. The minimum Gasteiger partial charge on any atom is -0.497 e. The lowest BCUT2D eigenvalue weighted by atomic mass is 10.0. The number of rotatable bonds is 6. The number of carbonyl (C=O) groups is 1. The largest absolute Gasteiger partial charge is 0.497 e. The molecule has 2 aromatic heterocycles. The number of hydrogen-bond donors (Lipinski definition) is 1. The molecule has 0 spiro atoms. The molecule has 0 fully saturated rings. The second kappa shape index (κ2) is 8.84. The smallest absolute Gasteiger partial charge is 0.263 e. The maximum atomic E-state index is 13.4. The Bertz CT molecular complexity index is 1340. The summed E-state index contributed by atoms with van der Waals surface area (Å²) in [7, 11) is 3.06. The van der Waals surface area contributed by atoms with Crippen LogP contribution in [-0.4, -0.2) is 29.7 Å². The van der Waals surface area contributed by atoms with E-state index in [-0.39, 0.29) is 11.5 Å². The van der Waals surface area contributed by atoms with Crippen LogP contribution < -0.4 is 20.3 Å². The molecule has 1 N–H and O–H groups in total. The molecule has 8 heteroatoms. The summed E-state index contributed by atoms with van der Waals surface area (Å²) in [5.74, 6) is 0.703. The van der Waals surface area contributed by atoms with Crippen LogP contribution in [0.15, 0.2) is 59.0 Å². The summed E-state index contributed by atoms with van der Waals surface area (Å²) in [4.78, 5) is 31.5. The molecule has 32 heavy (non-hydrogen) atoms. The van der Waals surface area contributed by atoms with Crippen molar-refractivity contribution in [3.8, 4) is 22.6 Å². The van der Waals surface area contributed by atoms with Crippen molar-refractivity contribution in [2.45, 2.75) is 19.9 Å². The molecule has 4 rings (SSSR count). The van der Waals surface area contributed by atoms with Crippen molar-refractivity contribution in [1.82, 2.24) is 9.55 Å². The Hall–Kier alpha value is -3.65. The van der Waals surface area contributed by atoms with Gasteiger partial charge in [-0.2, -0.15) is 0 Å². The highest BCUT2D eigenvalue weighted by Crippen LogP contribution is 2.32. The van der Waals surface area contributed by atoms with Gasteiger partial charge in [-0.15, -0.1) is 11.3 Å². The van der Waals surface area contributed by atoms with Gasteiger partial charge in [-0.1, -0.05) is 29.8 Å². The fourth-order valence-corrected chi connectivity index (χ4v) is 4.35. The number of benzene rings is 2. The number of amides is 1. The summed E-state index contributed by atoms with van der Waals surface area (Å²) in [5.41, 5.74) is 3.10. The van der Waals surface area contributed by atoms with E-state index in [0.29, 0.717) is 27.4 Å². The van der Waals surface area contributed by atoms with Gasteiger partial charge in [0.2, 0.25) is 5.91 Å². The highest BCUT2D eigenvalue weighted by molar-refractivity contribution is 7.17. The Morgan fingerprint density at radius 1 is 1.12 bits per heavy atom. The average molecular weight is 450 g/mol. The predicted molar refractivity (Wildman–Crippen MR) is 127 cm³/mol. The van der Waals surface area contributed by atoms with E-state index < -0.39 is 6.04 Å². The first-order valence-corrected chi connectivity index (χ1v) is 10.9. The minimum absolute atomic E-state index is 0.257. The van der Waals surface area contributed by atoms with Crippen molar-refractivity contribution in [2.75, 3.05) is 19.5 Å². The molecule has 0 saturated carbocycles. The zero-order valence-electron chi connectivity index (χ0n) is 18.2. The molecule has 0 radical (unpaired) electrons. The van der Waals surface area contributed by atoms with E-state index in [9.17, 15) is 9.59 Å². The molecule has 2 aromatic carbocycles. The van der Waals surface area contributed by atoms with Crippen molar-refractivity contribution in [3.05, 3.63) is 70.1 Å². The first-order valence-electron chi connectivity index (χ1n) is 10.0. The van der Waals surface area contributed by atoms with Crippen molar-refractivity contribution in [2.24, 2.45) is 0 Å². The number of nitrogens with zero attached hydrogens (tertiary/aromatic N) is 2. The normalized spacial score (nSPS) is 11.9. The summed E-state index contributed by atoms with van der Waals surface area (Å²) < 4.78 is 11.9. The maximum Gasteiger partial charge on any atom is 0.263 e. The van der Waals surface area contributed by atoms with Crippen molar-refractivity contribution >= 4 is 33.1 Å². The monoisotopic (exact) mass is 449 g/mol. The Kier molecular flexibility index (Phi) is 5.96. The van der Waals surface area contributed by atoms with Gasteiger partial charge in [-0.3, -0.25) is 14.2 Å². The van der Waals surface area contributed by atoms with E-state index in [1.54, 1.807) is 32.2 Å². The van der Waals surface area contributed by atoms with Gasteiger partial charge in [-0.25, -0.2) is 4.98 Å². The molecule has 0 saturated heterocycles. The topological polar surface area (TPSA) is 82.4 Å². The number of ether oxygens (including phenoxy) is 2. The van der Waals surface area contributed by atoms with Crippen molar-refractivity contribution < 1.29 is 14.3 Å². The van der Waals surface area contributed by atoms with Crippen LogP contribution in [0, 0.1) is 6.92 Å². The Balaban J connectivity index is 1.70. The molecule has 1 atom stereocenters. The van der Waals surface area contributed by atoms with E-state index in [1.807, 2.05) is 36.6 Å². The first-order chi connectivity index (χ1) is 15.4. The van der Waals surface area contributed by atoms with Crippen LogP contribution in [0.1, 0.15) is 18.5 Å². The third-order valence-electron chi connectivity index (χ3n) is 5.34. The molecule has 164 valence electrons. The van der Waals surface area contributed by atoms with Crippen molar-refractivity contribution in [3.63, 3.8) is 0 Å². The number of aromatic nitrogens is 2. The highest BCUT2D eigenvalue weighted by atomic mass is 32.1. The Labute approximate surface area is 189 Å². The van der Waals surface area contributed by atoms with E-state index in [0.717, 1.165) is 16.7 Å². The number of nitrogens with one attached hydrogen (secondary N) is 1. The average Bonchev–Trinajstić information content (AvgIpc) is 3.24. The lowest BCUT2D eigenvalue weighted by molar-refractivity contribution is -0.118. The van der Waals surface area contributed by atoms with Gasteiger partial charge in [0.25, 0.3) is 5.56 Å². The Morgan fingerprint density at radius 2 is 1.88 bits per heavy atom. The molecule has 0 aliphatic carbocycles.